The number of hydrogen-bond donors (Lipinski definition) is 3. The number of rotatable bonds is 5. The van der Waals surface area contributed by atoms with Crippen molar-refractivity contribution in [3.8, 4) is 0 Å². The van der Waals surface area contributed by atoms with Crippen LogP contribution in [0.25, 0.3) is 0 Å². The van der Waals surface area contributed by atoms with Crippen LogP contribution in [0.5, 0.6) is 0 Å². The first-order valence-electron chi connectivity index (χ1n) is 6.48. The molecule has 0 fully saturated rings. The first-order valence-corrected chi connectivity index (χ1v) is 6.48. The van der Waals surface area contributed by atoms with Gasteiger partial charge in [-0.2, -0.15) is 0 Å². The van der Waals surface area contributed by atoms with E-state index >= 15 is 0 Å². The second kappa shape index (κ2) is 6.29. The van der Waals surface area contributed by atoms with Crippen molar-refractivity contribution in [2.45, 2.75) is 26.3 Å². The van der Waals surface area contributed by atoms with Gasteiger partial charge in [0.1, 0.15) is 23.8 Å². The summed E-state index contributed by atoms with van der Waals surface area (Å²) in [5, 5.41) is 3.27. The number of hydrazine groups is 1. The van der Waals surface area contributed by atoms with Gasteiger partial charge in [0.2, 0.25) is 0 Å². The van der Waals surface area contributed by atoms with E-state index in [4.69, 9.17) is 5.84 Å². The smallest absolute Gasteiger partial charge is 0.148 e. The molecule has 0 bridgehead atoms. The van der Waals surface area contributed by atoms with E-state index in [0.29, 0.717) is 11.6 Å². The van der Waals surface area contributed by atoms with Crippen molar-refractivity contribution < 1.29 is 4.39 Å². The van der Waals surface area contributed by atoms with Gasteiger partial charge in [0.15, 0.2) is 0 Å². The average molecular weight is 275 g/mol. The Balaban J connectivity index is 2.25. The molecule has 0 radical (unpaired) electrons. The van der Waals surface area contributed by atoms with Gasteiger partial charge in [0, 0.05) is 5.56 Å². The van der Waals surface area contributed by atoms with E-state index in [0.717, 1.165) is 17.5 Å². The lowest BCUT2D eigenvalue weighted by Gasteiger charge is -2.18. The number of nitrogens with zero attached hydrogens (tertiary/aromatic N) is 2. The molecule has 0 saturated carbocycles. The fourth-order valence-corrected chi connectivity index (χ4v) is 2.06. The fourth-order valence-electron chi connectivity index (χ4n) is 2.06. The molecule has 0 aliphatic heterocycles. The summed E-state index contributed by atoms with van der Waals surface area (Å²) in [6.07, 6.45) is 2.17. The Labute approximate surface area is 117 Å². The number of benzene rings is 1. The summed E-state index contributed by atoms with van der Waals surface area (Å²) in [4.78, 5) is 8.31. The highest BCUT2D eigenvalue weighted by atomic mass is 19.1. The van der Waals surface area contributed by atoms with Crippen molar-refractivity contribution >= 4 is 11.6 Å². The van der Waals surface area contributed by atoms with Gasteiger partial charge in [-0.1, -0.05) is 19.1 Å². The zero-order chi connectivity index (χ0) is 14.5. The minimum Gasteiger partial charge on any atom is -0.363 e. The third-order valence-electron chi connectivity index (χ3n) is 3.14. The van der Waals surface area contributed by atoms with Gasteiger partial charge in [-0.05, 0) is 31.0 Å². The molecule has 2 aromatic rings. The molecule has 0 saturated heterocycles. The molecule has 6 heteroatoms. The van der Waals surface area contributed by atoms with E-state index in [9.17, 15) is 4.39 Å². The minimum absolute atomic E-state index is 0.0727. The molecular weight excluding hydrogens is 257 g/mol. The normalized spacial score (nSPS) is 12.0. The first kappa shape index (κ1) is 14.2. The Morgan fingerprint density at radius 2 is 2.05 bits per heavy atom. The lowest BCUT2D eigenvalue weighted by Crippen LogP contribution is -2.15. The van der Waals surface area contributed by atoms with Gasteiger partial charge < -0.3 is 10.7 Å². The molecule has 0 aliphatic carbocycles. The van der Waals surface area contributed by atoms with Crippen LogP contribution in [0.15, 0.2) is 30.6 Å². The van der Waals surface area contributed by atoms with Gasteiger partial charge in [-0.25, -0.2) is 20.2 Å². The highest BCUT2D eigenvalue weighted by Crippen LogP contribution is 2.24. The lowest BCUT2D eigenvalue weighted by molar-refractivity contribution is 0.623. The van der Waals surface area contributed by atoms with E-state index < -0.39 is 0 Å². The molecule has 1 unspecified atom stereocenters. The second-order valence-corrected chi connectivity index (χ2v) is 4.47. The van der Waals surface area contributed by atoms with Crippen LogP contribution >= 0.6 is 0 Å². The quantitative estimate of drug-likeness (QED) is 0.577. The maximum atomic E-state index is 13.3. The summed E-state index contributed by atoms with van der Waals surface area (Å²) in [5.74, 6) is 6.48. The SMILES string of the molecule is CCc1c(NN)ncnc1NC(C)c1cccc(F)c1. The maximum absolute atomic E-state index is 13.3. The number of hydrogen-bond acceptors (Lipinski definition) is 5. The number of aromatic nitrogens is 2. The molecule has 0 spiro atoms. The average Bonchev–Trinajstić information content (AvgIpc) is 2.46. The number of nitrogens with one attached hydrogen (secondary N) is 2. The van der Waals surface area contributed by atoms with Crippen molar-refractivity contribution in [1.29, 1.82) is 0 Å². The molecule has 0 aliphatic rings. The number of anilines is 2. The molecule has 0 amide bonds. The largest absolute Gasteiger partial charge is 0.363 e. The van der Waals surface area contributed by atoms with Crippen molar-refractivity contribution in [2.75, 3.05) is 10.7 Å². The van der Waals surface area contributed by atoms with Crippen LogP contribution in [-0.4, -0.2) is 9.97 Å². The summed E-state index contributed by atoms with van der Waals surface area (Å²) < 4.78 is 13.3. The highest BCUT2D eigenvalue weighted by molar-refractivity contribution is 5.57. The topological polar surface area (TPSA) is 75.9 Å². The predicted octanol–water partition coefficient (Wildman–Crippen LogP) is 2.64. The molecule has 2 rings (SSSR count). The van der Waals surface area contributed by atoms with Crippen LogP contribution in [-0.2, 0) is 6.42 Å². The number of nitrogens with two attached hydrogens (primary N) is 1. The molecule has 5 nitrogen and oxygen atoms in total. The predicted molar refractivity (Wildman–Crippen MR) is 77.7 cm³/mol. The van der Waals surface area contributed by atoms with Crippen molar-refractivity contribution in [1.82, 2.24) is 9.97 Å². The zero-order valence-corrected chi connectivity index (χ0v) is 11.5. The number of halogens is 1. The van der Waals surface area contributed by atoms with Crippen molar-refractivity contribution in [3.05, 3.63) is 47.5 Å². The van der Waals surface area contributed by atoms with Crippen LogP contribution in [0.3, 0.4) is 0 Å². The Morgan fingerprint density at radius 1 is 1.30 bits per heavy atom. The van der Waals surface area contributed by atoms with Gasteiger partial charge >= 0.3 is 0 Å². The van der Waals surface area contributed by atoms with Crippen LogP contribution in [0.4, 0.5) is 16.0 Å². The third kappa shape index (κ3) is 3.03. The summed E-state index contributed by atoms with van der Waals surface area (Å²) in [5.41, 5.74) is 4.31. The Hall–Kier alpha value is -2.21. The highest BCUT2D eigenvalue weighted by Gasteiger charge is 2.12. The third-order valence-corrected chi connectivity index (χ3v) is 3.14. The van der Waals surface area contributed by atoms with Gasteiger partial charge in [0.25, 0.3) is 0 Å². The maximum Gasteiger partial charge on any atom is 0.148 e. The minimum atomic E-state index is -0.251. The van der Waals surface area contributed by atoms with E-state index in [1.165, 1.54) is 18.5 Å². The first-order chi connectivity index (χ1) is 9.65. The molecule has 1 aromatic carbocycles. The summed E-state index contributed by atoms with van der Waals surface area (Å²) in [6, 6.07) is 6.42. The van der Waals surface area contributed by atoms with E-state index in [1.54, 1.807) is 6.07 Å². The van der Waals surface area contributed by atoms with Gasteiger partial charge in [-0.15, -0.1) is 0 Å². The van der Waals surface area contributed by atoms with E-state index in [1.807, 2.05) is 19.9 Å². The van der Waals surface area contributed by atoms with Crippen molar-refractivity contribution in [3.63, 3.8) is 0 Å². The molecule has 1 aromatic heterocycles. The standard InChI is InChI=1S/C14H18FN5/c1-3-12-13(17-8-18-14(12)20-16)19-9(2)10-5-4-6-11(15)7-10/h4-9H,3,16H2,1-2H3,(H2,17,18,19,20). The van der Waals surface area contributed by atoms with Crippen LogP contribution < -0.4 is 16.6 Å². The van der Waals surface area contributed by atoms with Crippen LogP contribution in [0.1, 0.15) is 31.0 Å². The number of nitrogen functional groups attached to an aromatic ring is 1. The molecule has 1 atom stereocenters. The summed E-state index contributed by atoms with van der Waals surface area (Å²) in [6.45, 7) is 3.95. The zero-order valence-electron chi connectivity index (χ0n) is 11.5. The summed E-state index contributed by atoms with van der Waals surface area (Å²) >= 11 is 0. The second-order valence-electron chi connectivity index (χ2n) is 4.47. The summed E-state index contributed by atoms with van der Waals surface area (Å²) in [7, 11) is 0. The Kier molecular flexibility index (Phi) is 4.47. The molecule has 4 N–H and O–H groups in total. The van der Waals surface area contributed by atoms with E-state index in [2.05, 4.69) is 20.7 Å². The van der Waals surface area contributed by atoms with Crippen LogP contribution in [0.2, 0.25) is 0 Å². The fraction of sp³-hybridized carbons (Fsp3) is 0.286. The lowest BCUT2D eigenvalue weighted by atomic mass is 10.1. The van der Waals surface area contributed by atoms with Crippen LogP contribution in [0, 0.1) is 5.82 Å². The van der Waals surface area contributed by atoms with Gasteiger partial charge in [-0.3, -0.25) is 0 Å². The van der Waals surface area contributed by atoms with E-state index in [-0.39, 0.29) is 11.9 Å². The Morgan fingerprint density at radius 3 is 2.70 bits per heavy atom. The monoisotopic (exact) mass is 275 g/mol. The Bertz CT molecular complexity index is 588. The van der Waals surface area contributed by atoms with Crippen molar-refractivity contribution in [2.24, 2.45) is 5.84 Å². The molecular formula is C14H18FN5. The molecule has 1 heterocycles. The molecule has 20 heavy (non-hydrogen) atoms. The van der Waals surface area contributed by atoms with Gasteiger partial charge in [0.05, 0.1) is 6.04 Å². The molecule has 106 valence electrons.